The van der Waals surface area contributed by atoms with Gasteiger partial charge in [-0.3, -0.25) is 9.36 Å². The fourth-order valence-corrected chi connectivity index (χ4v) is 3.93. The largest absolute Gasteiger partial charge is 0.469 e. The van der Waals surface area contributed by atoms with E-state index in [1.54, 1.807) is 18.6 Å². The topological polar surface area (TPSA) is 95.3 Å². The number of carbonyl (C=O) groups is 1. The Labute approximate surface area is 166 Å². The molecule has 8 nitrogen and oxygen atoms in total. The third kappa shape index (κ3) is 4.31. The third-order valence-corrected chi connectivity index (χ3v) is 5.57. The molecule has 28 heavy (non-hydrogen) atoms. The molecular formula is C19H22N4O4S. The lowest BCUT2D eigenvalue weighted by atomic mass is 10.2. The molecule has 0 spiro atoms. The summed E-state index contributed by atoms with van der Waals surface area (Å²) in [5.41, 5.74) is 0.902. The quantitative estimate of drug-likeness (QED) is 0.579. The number of aromatic nitrogens is 3. The van der Waals surface area contributed by atoms with E-state index in [1.807, 2.05) is 23.6 Å². The van der Waals surface area contributed by atoms with E-state index < -0.39 is 0 Å². The first-order chi connectivity index (χ1) is 13.7. The maximum Gasteiger partial charge on any atom is 0.230 e. The van der Waals surface area contributed by atoms with E-state index in [0.717, 1.165) is 42.4 Å². The predicted molar refractivity (Wildman–Crippen MR) is 103 cm³/mol. The molecule has 4 rings (SSSR count). The third-order valence-electron chi connectivity index (χ3n) is 4.60. The van der Waals surface area contributed by atoms with Crippen molar-refractivity contribution in [1.82, 2.24) is 20.1 Å². The number of hydrogen-bond donors (Lipinski definition) is 1. The molecular weight excluding hydrogens is 380 g/mol. The zero-order valence-electron chi connectivity index (χ0n) is 15.6. The highest BCUT2D eigenvalue weighted by molar-refractivity contribution is 7.99. The maximum atomic E-state index is 12.2. The second-order valence-electron chi connectivity index (χ2n) is 6.59. The van der Waals surface area contributed by atoms with Gasteiger partial charge < -0.3 is 18.9 Å². The maximum absolute atomic E-state index is 12.2. The first kappa shape index (κ1) is 18.8. The van der Waals surface area contributed by atoms with Crippen LogP contribution in [0.25, 0.3) is 11.4 Å². The summed E-state index contributed by atoms with van der Waals surface area (Å²) < 4.78 is 18.5. The SMILES string of the molecule is Cc1occc1-c1nnc(SCC(=O)NCc2ccco2)n1C[C@H]1CCCO1. The Morgan fingerprint density at radius 3 is 2.96 bits per heavy atom. The Bertz CT molecular complexity index is 912. The second-order valence-corrected chi connectivity index (χ2v) is 7.53. The standard InChI is InChI=1S/C19H22N4O4S/c1-13-16(6-9-25-13)18-21-22-19(23(18)11-15-5-3-8-27-15)28-12-17(24)20-10-14-4-2-7-26-14/h2,4,6-7,9,15H,3,5,8,10-12H2,1H3,(H,20,24)/t15-/m1/s1. The molecule has 3 aromatic heterocycles. The molecule has 1 saturated heterocycles. The molecule has 0 aliphatic carbocycles. The predicted octanol–water partition coefficient (Wildman–Crippen LogP) is 3.03. The summed E-state index contributed by atoms with van der Waals surface area (Å²) in [7, 11) is 0. The summed E-state index contributed by atoms with van der Waals surface area (Å²) in [6.07, 6.45) is 5.43. The first-order valence-corrected chi connectivity index (χ1v) is 10.2. The molecule has 0 radical (unpaired) electrons. The summed E-state index contributed by atoms with van der Waals surface area (Å²) in [5.74, 6) is 2.40. The van der Waals surface area contributed by atoms with E-state index in [-0.39, 0.29) is 17.8 Å². The molecule has 0 aromatic carbocycles. The van der Waals surface area contributed by atoms with Crippen LogP contribution in [0.2, 0.25) is 0 Å². The van der Waals surface area contributed by atoms with Gasteiger partial charge in [0.15, 0.2) is 11.0 Å². The molecule has 0 bridgehead atoms. The van der Waals surface area contributed by atoms with E-state index in [1.165, 1.54) is 11.8 Å². The lowest BCUT2D eigenvalue weighted by molar-refractivity contribution is -0.118. The minimum Gasteiger partial charge on any atom is -0.469 e. The van der Waals surface area contributed by atoms with Crippen molar-refractivity contribution in [1.29, 1.82) is 0 Å². The number of nitrogens with one attached hydrogen (secondary N) is 1. The van der Waals surface area contributed by atoms with Crippen molar-refractivity contribution in [2.24, 2.45) is 0 Å². The van der Waals surface area contributed by atoms with Gasteiger partial charge in [0.2, 0.25) is 5.91 Å². The van der Waals surface area contributed by atoms with Crippen molar-refractivity contribution < 1.29 is 18.4 Å². The van der Waals surface area contributed by atoms with Crippen molar-refractivity contribution in [2.45, 2.75) is 44.1 Å². The Morgan fingerprint density at radius 2 is 2.25 bits per heavy atom. The molecule has 1 amide bonds. The average molecular weight is 402 g/mol. The number of hydrogen-bond acceptors (Lipinski definition) is 7. The Kier molecular flexibility index (Phi) is 5.82. The van der Waals surface area contributed by atoms with E-state index in [4.69, 9.17) is 13.6 Å². The molecule has 1 N–H and O–H groups in total. The number of ether oxygens (including phenoxy) is 1. The number of thioether (sulfide) groups is 1. The number of rotatable bonds is 8. The monoisotopic (exact) mass is 402 g/mol. The molecule has 1 aliphatic heterocycles. The lowest BCUT2D eigenvalue weighted by Crippen LogP contribution is -2.24. The highest BCUT2D eigenvalue weighted by atomic mass is 32.2. The van der Waals surface area contributed by atoms with Crippen LogP contribution < -0.4 is 5.32 Å². The van der Waals surface area contributed by atoms with Crippen LogP contribution in [-0.4, -0.2) is 39.1 Å². The van der Waals surface area contributed by atoms with Crippen LogP contribution in [0.15, 0.2) is 44.7 Å². The minimum atomic E-state index is -0.0888. The Hall–Kier alpha value is -2.52. The van der Waals surface area contributed by atoms with E-state index in [9.17, 15) is 4.79 Å². The van der Waals surface area contributed by atoms with Crippen molar-refractivity contribution in [2.75, 3.05) is 12.4 Å². The van der Waals surface area contributed by atoms with E-state index in [2.05, 4.69) is 15.5 Å². The molecule has 1 fully saturated rings. The van der Waals surface area contributed by atoms with Crippen molar-refractivity contribution in [3.63, 3.8) is 0 Å². The Balaban J connectivity index is 1.45. The van der Waals surface area contributed by atoms with Crippen LogP contribution in [0.5, 0.6) is 0 Å². The van der Waals surface area contributed by atoms with Crippen molar-refractivity contribution in [3.8, 4) is 11.4 Å². The zero-order valence-corrected chi connectivity index (χ0v) is 16.4. The van der Waals surface area contributed by atoms with Gasteiger partial charge in [-0.25, -0.2) is 0 Å². The van der Waals surface area contributed by atoms with Gasteiger partial charge in [0.25, 0.3) is 0 Å². The van der Waals surface area contributed by atoms with Gasteiger partial charge in [0.1, 0.15) is 11.5 Å². The number of furan rings is 2. The van der Waals surface area contributed by atoms with Gasteiger partial charge in [-0.1, -0.05) is 11.8 Å². The van der Waals surface area contributed by atoms with E-state index >= 15 is 0 Å². The fourth-order valence-electron chi connectivity index (χ4n) is 3.15. The lowest BCUT2D eigenvalue weighted by Gasteiger charge is -2.14. The number of aryl methyl sites for hydroxylation is 1. The molecule has 4 heterocycles. The Morgan fingerprint density at radius 1 is 1.32 bits per heavy atom. The normalized spacial score (nSPS) is 16.5. The summed E-state index contributed by atoms with van der Waals surface area (Å²) >= 11 is 1.36. The molecule has 3 aromatic rings. The highest BCUT2D eigenvalue weighted by Crippen LogP contribution is 2.28. The van der Waals surface area contributed by atoms with Crippen molar-refractivity contribution >= 4 is 17.7 Å². The fraction of sp³-hybridized carbons (Fsp3) is 0.421. The van der Waals surface area contributed by atoms with Crippen molar-refractivity contribution in [3.05, 3.63) is 42.2 Å². The van der Waals surface area contributed by atoms with E-state index in [0.29, 0.717) is 18.2 Å². The van der Waals surface area contributed by atoms with Crippen LogP contribution in [-0.2, 0) is 22.6 Å². The van der Waals surface area contributed by atoms with Crippen LogP contribution >= 0.6 is 11.8 Å². The smallest absolute Gasteiger partial charge is 0.230 e. The summed E-state index contributed by atoms with van der Waals surface area (Å²) in [6, 6.07) is 5.50. The van der Waals surface area contributed by atoms with Gasteiger partial charge in [-0.05, 0) is 38.0 Å². The zero-order chi connectivity index (χ0) is 19.3. The second kappa shape index (κ2) is 8.66. The van der Waals surface area contributed by atoms with Crippen LogP contribution in [0.1, 0.15) is 24.4 Å². The number of nitrogens with zero attached hydrogens (tertiary/aromatic N) is 3. The van der Waals surface area contributed by atoms with Crippen LogP contribution in [0.3, 0.4) is 0 Å². The van der Waals surface area contributed by atoms with Crippen LogP contribution in [0.4, 0.5) is 0 Å². The molecule has 9 heteroatoms. The molecule has 1 aliphatic rings. The molecule has 1 atom stereocenters. The minimum absolute atomic E-state index is 0.0888. The molecule has 148 valence electrons. The van der Waals surface area contributed by atoms with Gasteiger partial charge in [-0.15, -0.1) is 10.2 Å². The first-order valence-electron chi connectivity index (χ1n) is 9.22. The van der Waals surface area contributed by atoms with Gasteiger partial charge in [-0.2, -0.15) is 0 Å². The van der Waals surface area contributed by atoms with Gasteiger partial charge in [0.05, 0.1) is 43.0 Å². The highest BCUT2D eigenvalue weighted by Gasteiger charge is 2.23. The molecule has 0 unspecified atom stereocenters. The molecule has 0 saturated carbocycles. The average Bonchev–Trinajstić information content (AvgIpc) is 3.48. The van der Waals surface area contributed by atoms with Gasteiger partial charge in [0, 0.05) is 6.61 Å². The summed E-state index contributed by atoms with van der Waals surface area (Å²) in [4.78, 5) is 12.2. The summed E-state index contributed by atoms with van der Waals surface area (Å²) in [5, 5.41) is 12.2. The number of carbonyl (C=O) groups excluding carboxylic acids is 1. The van der Waals surface area contributed by atoms with Gasteiger partial charge >= 0.3 is 0 Å². The number of amides is 1. The van der Waals surface area contributed by atoms with Crippen LogP contribution in [0, 0.1) is 6.92 Å². The summed E-state index contributed by atoms with van der Waals surface area (Å²) in [6.45, 7) is 3.71.